The van der Waals surface area contributed by atoms with Crippen LogP contribution in [0.5, 0.6) is 0 Å². The van der Waals surface area contributed by atoms with Crippen molar-refractivity contribution in [2.24, 2.45) is 23.7 Å². The van der Waals surface area contributed by atoms with E-state index in [1.807, 2.05) is 13.0 Å². The highest BCUT2D eigenvalue weighted by Gasteiger charge is 2.60. The summed E-state index contributed by atoms with van der Waals surface area (Å²) in [5.74, 6) is -0.799. The van der Waals surface area contributed by atoms with Crippen LogP contribution >= 0.6 is 11.6 Å². The number of halogens is 1. The van der Waals surface area contributed by atoms with Gasteiger partial charge in [0.1, 0.15) is 0 Å². The first kappa shape index (κ1) is 17.3. The Labute approximate surface area is 157 Å². The average Bonchev–Trinajstić information content (AvgIpc) is 3.28. The minimum Gasteiger partial charge on any atom is -0.356 e. The first-order valence-electron chi connectivity index (χ1n) is 9.09. The molecule has 5 atom stereocenters. The van der Waals surface area contributed by atoms with Gasteiger partial charge in [-0.25, -0.2) is 0 Å². The van der Waals surface area contributed by atoms with Gasteiger partial charge in [0.15, 0.2) is 0 Å². The summed E-state index contributed by atoms with van der Waals surface area (Å²) >= 11 is 6.35. The highest BCUT2D eigenvalue weighted by atomic mass is 35.5. The van der Waals surface area contributed by atoms with Gasteiger partial charge >= 0.3 is 0 Å². The molecule has 2 bridgehead atoms. The predicted octanol–water partition coefficient (Wildman–Crippen LogP) is 2.71. The van der Waals surface area contributed by atoms with Crippen molar-refractivity contribution in [3.63, 3.8) is 0 Å². The van der Waals surface area contributed by atoms with Crippen molar-refractivity contribution in [3.05, 3.63) is 47.0 Å². The van der Waals surface area contributed by atoms with Crippen molar-refractivity contribution in [1.82, 2.24) is 10.2 Å². The number of hydrogen-bond acceptors (Lipinski definition) is 3. The zero-order valence-corrected chi connectivity index (χ0v) is 15.3. The molecule has 4 rings (SSSR count). The molecule has 1 N–H and O–H groups in total. The lowest BCUT2D eigenvalue weighted by molar-refractivity contribution is -0.144. The normalized spacial score (nSPS) is 30.0. The van der Waals surface area contributed by atoms with E-state index in [0.29, 0.717) is 17.1 Å². The van der Waals surface area contributed by atoms with Gasteiger partial charge in [-0.05, 0) is 36.8 Å². The van der Waals surface area contributed by atoms with Crippen molar-refractivity contribution in [2.45, 2.75) is 25.8 Å². The Morgan fingerprint density at radius 3 is 2.38 bits per heavy atom. The molecular formula is C20H21ClN2O3. The largest absolute Gasteiger partial charge is 0.356 e. The molecule has 1 aromatic rings. The van der Waals surface area contributed by atoms with Crippen LogP contribution in [0, 0.1) is 23.7 Å². The van der Waals surface area contributed by atoms with E-state index in [1.54, 1.807) is 18.2 Å². The molecule has 26 heavy (non-hydrogen) atoms. The van der Waals surface area contributed by atoms with Crippen LogP contribution in [0.15, 0.2) is 36.4 Å². The predicted molar refractivity (Wildman–Crippen MR) is 97.1 cm³/mol. The van der Waals surface area contributed by atoms with Crippen LogP contribution in [0.1, 0.15) is 31.4 Å². The number of amides is 3. The topological polar surface area (TPSA) is 66.5 Å². The van der Waals surface area contributed by atoms with Crippen LogP contribution in [0.25, 0.3) is 0 Å². The lowest BCUT2D eigenvalue weighted by atomic mass is 9.85. The molecule has 3 amide bonds. The summed E-state index contributed by atoms with van der Waals surface area (Å²) in [6.07, 6.45) is 5.04. The first-order chi connectivity index (χ1) is 12.5. The first-order valence-corrected chi connectivity index (χ1v) is 9.47. The lowest BCUT2D eigenvalue weighted by Gasteiger charge is -2.28. The Kier molecular flexibility index (Phi) is 4.35. The SMILES string of the molecule is CCNC(=O)CC(c1ccccc1Cl)N1C(=O)C2C3C=CC(C3)C2C1=O. The lowest BCUT2D eigenvalue weighted by Crippen LogP contribution is -2.39. The maximum Gasteiger partial charge on any atom is 0.234 e. The number of allylic oxidation sites excluding steroid dienone is 2. The van der Waals surface area contributed by atoms with E-state index in [9.17, 15) is 14.4 Å². The molecule has 0 spiro atoms. The van der Waals surface area contributed by atoms with Crippen LogP contribution in [0.4, 0.5) is 0 Å². The number of rotatable bonds is 5. The fourth-order valence-electron chi connectivity index (χ4n) is 4.76. The fraction of sp³-hybridized carbons (Fsp3) is 0.450. The highest BCUT2D eigenvalue weighted by molar-refractivity contribution is 6.31. The smallest absolute Gasteiger partial charge is 0.234 e. The summed E-state index contributed by atoms with van der Waals surface area (Å²) < 4.78 is 0. The number of carbonyl (C=O) groups is 3. The van der Waals surface area contributed by atoms with Gasteiger partial charge in [0.25, 0.3) is 0 Å². The Hall–Kier alpha value is -2.14. The second-order valence-electron chi connectivity index (χ2n) is 7.24. The molecule has 5 unspecified atom stereocenters. The van der Waals surface area contributed by atoms with E-state index in [-0.39, 0.29) is 47.8 Å². The summed E-state index contributed by atoms with van der Waals surface area (Å²) in [6, 6.07) is 6.44. The van der Waals surface area contributed by atoms with Crippen LogP contribution in [-0.4, -0.2) is 29.2 Å². The van der Waals surface area contributed by atoms with Gasteiger partial charge in [0.2, 0.25) is 17.7 Å². The Balaban J connectivity index is 1.70. The summed E-state index contributed by atoms with van der Waals surface area (Å²) in [5.41, 5.74) is 0.641. The van der Waals surface area contributed by atoms with E-state index in [0.717, 1.165) is 6.42 Å². The number of fused-ring (bicyclic) bond motifs is 5. The molecule has 2 aliphatic carbocycles. The summed E-state index contributed by atoms with van der Waals surface area (Å²) in [4.78, 5) is 39.9. The maximum absolute atomic E-state index is 13.1. The molecule has 1 heterocycles. The summed E-state index contributed by atoms with van der Waals surface area (Å²) in [5, 5.41) is 3.21. The molecule has 0 radical (unpaired) electrons. The van der Waals surface area contributed by atoms with Crippen molar-refractivity contribution in [3.8, 4) is 0 Å². The van der Waals surface area contributed by atoms with E-state index in [4.69, 9.17) is 11.6 Å². The standard InChI is InChI=1S/C20H21ClN2O3/c1-2-22-16(24)10-15(13-5-3-4-6-14(13)21)23-19(25)17-11-7-8-12(9-11)18(17)20(23)26/h3-8,11-12,15,17-18H,2,9-10H2,1H3,(H,22,24). The number of benzene rings is 1. The summed E-state index contributed by atoms with van der Waals surface area (Å²) in [6.45, 7) is 2.33. The number of likely N-dealkylation sites (tertiary alicyclic amines) is 1. The number of hydrogen-bond donors (Lipinski definition) is 1. The van der Waals surface area contributed by atoms with Gasteiger partial charge in [-0.1, -0.05) is 42.0 Å². The Morgan fingerprint density at radius 2 is 1.81 bits per heavy atom. The molecule has 2 fully saturated rings. The minimum atomic E-state index is -0.666. The molecule has 1 aromatic carbocycles. The van der Waals surface area contributed by atoms with Gasteiger partial charge in [-0.15, -0.1) is 0 Å². The van der Waals surface area contributed by atoms with Crippen LogP contribution < -0.4 is 5.32 Å². The fourth-order valence-corrected chi connectivity index (χ4v) is 5.02. The van der Waals surface area contributed by atoms with E-state index < -0.39 is 6.04 Å². The van der Waals surface area contributed by atoms with Gasteiger partial charge in [0.05, 0.1) is 24.3 Å². The maximum atomic E-state index is 13.1. The third-order valence-electron chi connectivity index (χ3n) is 5.83. The molecule has 5 nitrogen and oxygen atoms in total. The third-order valence-corrected chi connectivity index (χ3v) is 6.18. The van der Waals surface area contributed by atoms with E-state index in [2.05, 4.69) is 17.5 Å². The molecule has 6 heteroatoms. The minimum absolute atomic E-state index is 0.0251. The number of carbonyl (C=O) groups excluding carboxylic acids is 3. The van der Waals surface area contributed by atoms with Crippen molar-refractivity contribution in [1.29, 1.82) is 0 Å². The second kappa shape index (κ2) is 6.54. The highest BCUT2D eigenvalue weighted by Crippen LogP contribution is 2.54. The molecule has 1 aliphatic heterocycles. The number of nitrogens with zero attached hydrogens (tertiary/aromatic N) is 1. The Morgan fingerprint density at radius 1 is 1.19 bits per heavy atom. The van der Waals surface area contributed by atoms with Gasteiger partial charge in [-0.3, -0.25) is 19.3 Å². The Bertz CT molecular complexity index is 776. The molecular weight excluding hydrogens is 352 g/mol. The van der Waals surface area contributed by atoms with Crippen molar-refractivity contribution >= 4 is 29.3 Å². The van der Waals surface area contributed by atoms with Gasteiger partial charge < -0.3 is 5.32 Å². The second-order valence-corrected chi connectivity index (χ2v) is 7.65. The van der Waals surface area contributed by atoms with Crippen molar-refractivity contribution < 1.29 is 14.4 Å². The zero-order valence-electron chi connectivity index (χ0n) is 14.5. The zero-order chi connectivity index (χ0) is 18.4. The van der Waals surface area contributed by atoms with Crippen molar-refractivity contribution in [2.75, 3.05) is 6.54 Å². The van der Waals surface area contributed by atoms with E-state index >= 15 is 0 Å². The van der Waals surface area contributed by atoms with Gasteiger partial charge in [-0.2, -0.15) is 0 Å². The van der Waals surface area contributed by atoms with Gasteiger partial charge in [0, 0.05) is 11.6 Å². The molecule has 3 aliphatic rings. The molecule has 136 valence electrons. The third kappa shape index (κ3) is 2.57. The average molecular weight is 373 g/mol. The van der Waals surface area contributed by atoms with E-state index in [1.165, 1.54) is 4.90 Å². The van der Waals surface area contributed by atoms with Crippen LogP contribution in [0.3, 0.4) is 0 Å². The monoisotopic (exact) mass is 372 g/mol. The quantitative estimate of drug-likeness (QED) is 0.638. The number of imide groups is 1. The summed E-state index contributed by atoms with van der Waals surface area (Å²) in [7, 11) is 0. The molecule has 1 saturated carbocycles. The molecule has 1 saturated heterocycles. The van der Waals surface area contributed by atoms with Crippen LogP contribution in [-0.2, 0) is 14.4 Å². The molecule has 0 aromatic heterocycles. The number of nitrogens with one attached hydrogen (secondary N) is 1. The van der Waals surface area contributed by atoms with Crippen LogP contribution in [0.2, 0.25) is 5.02 Å².